The van der Waals surface area contributed by atoms with Gasteiger partial charge in [-0.3, -0.25) is 9.59 Å². The maximum absolute atomic E-state index is 12.4. The minimum absolute atomic E-state index is 0.0256. The monoisotopic (exact) mass is 404 g/mol. The van der Waals surface area contributed by atoms with Gasteiger partial charge in [0.25, 0.3) is 5.91 Å². The molecule has 7 nitrogen and oxygen atoms in total. The summed E-state index contributed by atoms with van der Waals surface area (Å²) in [5.74, 6) is -1.53. The van der Waals surface area contributed by atoms with E-state index in [2.05, 4.69) is 16.4 Å². The third-order valence-electron chi connectivity index (χ3n) is 4.83. The van der Waals surface area contributed by atoms with Crippen molar-refractivity contribution in [3.63, 3.8) is 0 Å². The van der Waals surface area contributed by atoms with E-state index in [9.17, 15) is 9.59 Å². The number of carboxylic acids is 1. The zero-order chi connectivity index (χ0) is 21.7. The van der Waals surface area contributed by atoms with Crippen LogP contribution in [0.4, 0.5) is 0 Å². The molecule has 1 amide bonds. The van der Waals surface area contributed by atoms with Crippen molar-refractivity contribution in [2.75, 3.05) is 0 Å². The summed E-state index contributed by atoms with van der Waals surface area (Å²) < 4.78 is 0. The second-order valence-corrected chi connectivity index (χ2v) is 7.12. The predicted octanol–water partition coefficient (Wildman–Crippen LogP) is 2.60. The molecule has 0 aliphatic carbocycles. The lowest BCUT2D eigenvalue weighted by atomic mass is 10.0. The lowest BCUT2D eigenvalue weighted by molar-refractivity contribution is -0.138. The highest BCUT2D eigenvalue weighted by atomic mass is 16.4. The van der Waals surface area contributed by atoms with Crippen LogP contribution in [-0.4, -0.2) is 29.0 Å². The molecule has 0 spiro atoms. The van der Waals surface area contributed by atoms with E-state index in [1.54, 1.807) is 24.3 Å². The van der Waals surface area contributed by atoms with Gasteiger partial charge in [0.1, 0.15) is 6.04 Å². The van der Waals surface area contributed by atoms with E-state index >= 15 is 0 Å². The maximum Gasteiger partial charge on any atom is 0.320 e. The molecule has 0 aromatic heterocycles. The number of carbonyl (C=O) groups is 2. The van der Waals surface area contributed by atoms with Gasteiger partial charge < -0.3 is 21.9 Å². The van der Waals surface area contributed by atoms with E-state index in [4.69, 9.17) is 16.6 Å². The average molecular weight is 404 g/mol. The Morgan fingerprint density at radius 3 is 2.37 bits per heavy atom. The number of guanidine groups is 1. The van der Waals surface area contributed by atoms with Crippen LogP contribution >= 0.6 is 0 Å². The van der Waals surface area contributed by atoms with Crippen molar-refractivity contribution in [3.8, 4) is 0 Å². The van der Waals surface area contributed by atoms with Crippen molar-refractivity contribution in [3.05, 3.63) is 83.4 Å². The van der Waals surface area contributed by atoms with Crippen LogP contribution in [0.2, 0.25) is 0 Å². The van der Waals surface area contributed by atoms with Crippen LogP contribution in [0.25, 0.3) is 10.8 Å². The van der Waals surface area contributed by atoms with E-state index < -0.39 is 17.9 Å². The van der Waals surface area contributed by atoms with Crippen molar-refractivity contribution in [2.24, 2.45) is 16.5 Å². The molecule has 154 valence electrons. The van der Waals surface area contributed by atoms with E-state index in [1.165, 1.54) is 0 Å². The Bertz CT molecular complexity index is 1090. The zero-order valence-electron chi connectivity index (χ0n) is 16.6. The van der Waals surface area contributed by atoms with Gasteiger partial charge in [-0.2, -0.15) is 4.99 Å². The van der Waals surface area contributed by atoms with Crippen LogP contribution in [0, 0.1) is 0 Å². The Labute approximate surface area is 174 Å². The van der Waals surface area contributed by atoms with Gasteiger partial charge in [-0.15, -0.1) is 0 Å². The molecule has 0 saturated carbocycles. The van der Waals surface area contributed by atoms with Gasteiger partial charge in [0.15, 0.2) is 5.96 Å². The molecule has 2 atom stereocenters. The first-order chi connectivity index (χ1) is 14.3. The number of carboxylic acid groups (broad SMARTS) is 1. The quantitative estimate of drug-likeness (QED) is 0.369. The van der Waals surface area contributed by atoms with Gasteiger partial charge in [-0.25, -0.2) is 0 Å². The molecule has 0 unspecified atom stereocenters. The summed E-state index contributed by atoms with van der Waals surface area (Å²) in [5.41, 5.74) is 13.6. The Hall–Kier alpha value is -3.71. The molecule has 3 rings (SSSR count). The van der Waals surface area contributed by atoms with Crippen molar-refractivity contribution in [2.45, 2.75) is 25.4 Å². The predicted molar refractivity (Wildman–Crippen MR) is 117 cm³/mol. The summed E-state index contributed by atoms with van der Waals surface area (Å²) in [6, 6.07) is 19.5. The molecular formula is C23H24N4O3. The summed E-state index contributed by atoms with van der Waals surface area (Å²) >= 11 is 0. The van der Waals surface area contributed by atoms with E-state index in [-0.39, 0.29) is 18.4 Å². The number of carbonyl (C=O) groups excluding carboxylic acids is 1. The normalized spacial score (nSPS) is 13.6. The van der Waals surface area contributed by atoms with Crippen molar-refractivity contribution >= 4 is 28.6 Å². The summed E-state index contributed by atoms with van der Waals surface area (Å²) in [4.78, 5) is 27.1. The van der Waals surface area contributed by atoms with Crippen LogP contribution in [0.3, 0.4) is 0 Å². The number of nitrogens with zero attached hydrogens (tertiary/aromatic N) is 1. The van der Waals surface area contributed by atoms with Crippen LogP contribution < -0.4 is 16.8 Å². The first-order valence-corrected chi connectivity index (χ1v) is 9.54. The SMILES string of the molecule is C[C@@H](N/C(N)=N/C(=O)c1ccc(C[C@H](N)C(=O)O)cc1)c1ccc2ccccc2c1. The minimum atomic E-state index is -1.07. The molecule has 0 saturated heterocycles. The first-order valence-electron chi connectivity index (χ1n) is 9.54. The van der Waals surface area contributed by atoms with E-state index in [0.717, 1.165) is 21.9 Å². The third kappa shape index (κ3) is 5.21. The average Bonchev–Trinajstić information content (AvgIpc) is 2.73. The highest BCUT2D eigenvalue weighted by molar-refractivity contribution is 6.02. The van der Waals surface area contributed by atoms with Gasteiger partial charge in [0.05, 0.1) is 6.04 Å². The molecular weight excluding hydrogens is 380 g/mol. The van der Waals surface area contributed by atoms with Crippen molar-refractivity contribution < 1.29 is 14.7 Å². The Morgan fingerprint density at radius 2 is 1.70 bits per heavy atom. The van der Waals surface area contributed by atoms with Gasteiger partial charge in [0, 0.05) is 5.56 Å². The van der Waals surface area contributed by atoms with Crippen LogP contribution in [0.1, 0.15) is 34.5 Å². The standard InChI is InChI=1S/C23H24N4O3/c1-14(18-11-10-16-4-2-3-5-19(16)13-18)26-23(25)27-21(28)17-8-6-15(7-9-17)12-20(24)22(29)30/h2-11,13-14,20H,12,24H2,1H3,(H,29,30)(H3,25,26,27,28)/t14-,20+/m1/s1. The van der Waals surface area contributed by atoms with Crippen molar-refractivity contribution in [1.82, 2.24) is 5.32 Å². The first kappa shape index (κ1) is 21.0. The van der Waals surface area contributed by atoms with Crippen LogP contribution in [0.15, 0.2) is 71.7 Å². The number of nitrogens with one attached hydrogen (secondary N) is 1. The lowest BCUT2D eigenvalue weighted by Crippen LogP contribution is -2.34. The number of hydrogen-bond donors (Lipinski definition) is 4. The molecule has 30 heavy (non-hydrogen) atoms. The molecule has 6 N–H and O–H groups in total. The smallest absolute Gasteiger partial charge is 0.320 e. The number of hydrogen-bond acceptors (Lipinski definition) is 3. The molecule has 0 aliphatic heterocycles. The number of fused-ring (bicyclic) bond motifs is 1. The fourth-order valence-electron chi connectivity index (χ4n) is 3.11. The summed E-state index contributed by atoms with van der Waals surface area (Å²) in [6.45, 7) is 1.94. The number of aliphatic imine (C=N–C) groups is 1. The van der Waals surface area contributed by atoms with Crippen molar-refractivity contribution in [1.29, 1.82) is 0 Å². The van der Waals surface area contributed by atoms with Gasteiger partial charge in [0.2, 0.25) is 0 Å². The number of amides is 1. The van der Waals surface area contributed by atoms with E-state index in [0.29, 0.717) is 5.56 Å². The topological polar surface area (TPSA) is 131 Å². The molecule has 7 heteroatoms. The molecule has 0 heterocycles. The lowest BCUT2D eigenvalue weighted by Gasteiger charge is -2.15. The largest absolute Gasteiger partial charge is 0.480 e. The Balaban J connectivity index is 1.65. The Morgan fingerprint density at radius 1 is 1.03 bits per heavy atom. The summed E-state index contributed by atoms with van der Waals surface area (Å²) in [7, 11) is 0. The van der Waals surface area contributed by atoms with Gasteiger partial charge >= 0.3 is 5.97 Å². The Kier molecular flexibility index (Phi) is 6.44. The van der Waals surface area contributed by atoms with Gasteiger partial charge in [-0.1, -0.05) is 48.5 Å². The van der Waals surface area contributed by atoms with Crippen LogP contribution in [-0.2, 0) is 11.2 Å². The fraction of sp³-hybridized carbons (Fsp3) is 0.174. The molecule has 3 aromatic rings. The number of benzene rings is 3. The zero-order valence-corrected chi connectivity index (χ0v) is 16.6. The summed E-state index contributed by atoms with van der Waals surface area (Å²) in [5, 5.41) is 14.2. The second-order valence-electron chi connectivity index (χ2n) is 7.12. The maximum atomic E-state index is 12.4. The molecule has 0 aliphatic rings. The number of aliphatic carboxylic acids is 1. The highest BCUT2D eigenvalue weighted by Crippen LogP contribution is 2.20. The number of rotatable bonds is 6. The number of nitrogens with two attached hydrogens (primary N) is 2. The highest BCUT2D eigenvalue weighted by Gasteiger charge is 2.13. The molecule has 0 bridgehead atoms. The van der Waals surface area contributed by atoms with Crippen LogP contribution in [0.5, 0.6) is 0 Å². The molecule has 0 radical (unpaired) electrons. The third-order valence-corrected chi connectivity index (χ3v) is 4.83. The summed E-state index contributed by atoms with van der Waals surface area (Å²) in [6.07, 6.45) is 0.181. The fourth-order valence-corrected chi connectivity index (χ4v) is 3.11. The minimum Gasteiger partial charge on any atom is -0.480 e. The second kappa shape index (κ2) is 9.19. The van der Waals surface area contributed by atoms with E-state index in [1.807, 2.05) is 43.3 Å². The molecule has 0 fully saturated rings. The van der Waals surface area contributed by atoms with Gasteiger partial charge in [-0.05, 0) is 53.4 Å². The molecule has 3 aromatic carbocycles.